The topological polar surface area (TPSA) is 96.5 Å². The molecule has 7 nitrogen and oxygen atoms in total. The van der Waals surface area contributed by atoms with Gasteiger partial charge in [-0.2, -0.15) is 0 Å². The number of hydrogen-bond acceptors (Lipinski definition) is 4. The van der Waals surface area contributed by atoms with Crippen LogP contribution in [0.4, 0.5) is 10.5 Å². The van der Waals surface area contributed by atoms with Crippen LogP contribution in [-0.2, 0) is 27.3 Å². The van der Waals surface area contributed by atoms with Crippen LogP contribution in [0.25, 0.3) is 0 Å². The van der Waals surface area contributed by atoms with Crippen LogP contribution in [0.5, 0.6) is 0 Å². The number of benzene rings is 2. The Labute approximate surface area is 170 Å². The van der Waals surface area contributed by atoms with Crippen LogP contribution in [0.15, 0.2) is 54.6 Å². The lowest BCUT2D eigenvalue weighted by molar-refractivity contribution is -0.129. The Kier molecular flexibility index (Phi) is 8.21. The van der Waals surface area contributed by atoms with E-state index in [2.05, 4.69) is 20.7 Å². The van der Waals surface area contributed by atoms with E-state index in [9.17, 15) is 14.4 Å². The molecule has 0 aliphatic heterocycles. The first kappa shape index (κ1) is 21.9. The van der Waals surface area contributed by atoms with Gasteiger partial charge < -0.3 is 15.4 Å². The SMILES string of the molecule is COC(=O)Nc1ccc(CNC(=O)[C@H](NC(=O)Cc2ccccc2)C(C)C)cc1. The van der Waals surface area contributed by atoms with Gasteiger partial charge >= 0.3 is 6.09 Å². The zero-order chi connectivity index (χ0) is 21.2. The number of hydrogen-bond donors (Lipinski definition) is 3. The lowest BCUT2D eigenvalue weighted by Crippen LogP contribution is -2.49. The fraction of sp³-hybridized carbons (Fsp3) is 0.318. The largest absolute Gasteiger partial charge is 0.453 e. The van der Waals surface area contributed by atoms with Gasteiger partial charge in [-0.15, -0.1) is 0 Å². The van der Waals surface area contributed by atoms with E-state index in [0.717, 1.165) is 11.1 Å². The number of ether oxygens (including phenoxy) is 1. The molecule has 154 valence electrons. The summed E-state index contributed by atoms with van der Waals surface area (Å²) in [4.78, 5) is 36.1. The van der Waals surface area contributed by atoms with Crippen LogP contribution < -0.4 is 16.0 Å². The van der Waals surface area contributed by atoms with Crippen LogP contribution in [0.1, 0.15) is 25.0 Å². The van der Waals surface area contributed by atoms with Gasteiger partial charge in [0.15, 0.2) is 0 Å². The first-order valence-electron chi connectivity index (χ1n) is 9.44. The predicted molar refractivity (Wildman–Crippen MR) is 111 cm³/mol. The molecular formula is C22H27N3O4. The fourth-order valence-corrected chi connectivity index (χ4v) is 2.71. The Hall–Kier alpha value is -3.35. The Bertz CT molecular complexity index is 820. The number of nitrogens with one attached hydrogen (secondary N) is 3. The summed E-state index contributed by atoms with van der Waals surface area (Å²) in [6.45, 7) is 4.09. The van der Waals surface area contributed by atoms with Gasteiger partial charge in [-0.3, -0.25) is 14.9 Å². The number of anilines is 1. The summed E-state index contributed by atoms with van der Waals surface area (Å²) in [5.74, 6) is -0.484. The lowest BCUT2D eigenvalue weighted by atomic mass is 10.0. The molecule has 0 unspecified atom stereocenters. The number of amides is 3. The van der Waals surface area contributed by atoms with Crippen LogP contribution in [0.2, 0.25) is 0 Å². The van der Waals surface area contributed by atoms with Crippen molar-refractivity contribution in [2.24, 2.45) is 5.92 Å². The van der Waals surface area contributed by atoms with Crippen LogP contribution in [0, 0.1) is 5.92 Å². The molecule has 0 radical (unpaired) electrons. The predicted octanol–water partition coefficient (Wildman–Crippen LogP) is 2.86. The molecule has 2 rings (SSSR count). The van der Waals surface area contributed by atoms with E-state index in [1.165, 1.54) is 7.11 Å². The molecule has 7 heteroatoms. The quantitative estimate of drug-likeness (QED) is 0.638. The van der Waals surface area contributed by atoms with Gasteiger partial charge in [-0.25, -0.2) is 4.79 Å². The zero-order valence-electron chi connectivity index (χ0n) is 16.9. The van der Waals surface area contributed by atoms with Gasteiger partial charge in [0, 0.05) is 12.2 Å². The summed E-state index contributed by atoms with van der Waals surface area (Å²) in [6, 6.07) is 15.8. The third-order valence-electron chi connectivity index (χ3n) is 4.33. The summed E-state index contributed by atoms with van der Waals surface area (Å²) in [5.41, 5.74) is 2.36. The van der Waals surface area contributed by atoms with Gasteiger partial charge in [0.05, 0.1) is 13.5 Å². The van der Waals surface area contributed by atoms with Gasteiger partial charge in [0.25, 0.3) is 0 Å². The normalized spacial score (nSPS) is 11.4. The molecule has 3 N–H and O–H groups in total. The molecule has 3 amide bonds. The van der Waals surface area contributed by atoms with Gasteiger partial charge in [0.1, 0.15) is 6.04 Å². The highest BCUT2D eigenvalue weighted by atomic mass is 16.5. The van der Waals surface area contributed by atoms with Gasteiger partial charge in [0.2, 0.25) is 11.8 Å². The van der Waals surface area contributed by atoms with E-state index in [4.69, 9.17) is 0 Å². The summed E-state index contributed by atoms with van der Waals surface area (Å²) >= 11 is 0. The minimum absolute atomic E-state index is 0.0543. The van der Waals surface area contributed by atoms with E-state index in [0.29, 0.717) is 12.2 Å². The van der Waals surface area contributed by atoms with Crippen molar-refractivity contribution in [2.75, 3.05) is 12.4 Å². The van der Waals surface area contributed by atoms with Crippen molar-refractivity contribution in [3.63, 3.8) is 0 Å². The molecule has 0 heterocycles. The first-order chi connectivity index (χ1) is 13.9. The smallest absolute Gasteiger partial charge is 0.411 e. The molecule has 0 saturated carbocycles. The van der Waals surface area contributed by atoms with E-state index in [-0.39, 0.29) is 24.2 Å². The maximum absolute atomic E-state index is 12.6. The molecule has 0 aliphatic carbocycles. The lowest BCUT2D eigenvalue weighted by Gasteiger charge is -2.22. The van der Waals surface area contributed by atoms with Crippen LogP contribution in [-0.4, -0.2) is 31.1 Å². The monoisotopic (exact) mass is 397 g/mol. The highest BCUT2D eigenvalue weighted by Crippen LogP contribution is 2.10. The Morgan fingerprint density at radius 3 is 2.17 bits per heavy atom. The van der Waals surface area contributed by atoms with E-state index in [1.54, 1.807) is 24.3 Å². The van der Waals surface area contributed by atoms with Crippen molar-refractivity contribution >= 4 is 23.6 Å². The minimum Gasteiger partial charge on any atom is -0.453 e. The molecular weight excluding hydrogens is 370 g/mol. The second-order valence-corrected chi connectivity index (χ2v) is 6.98. The molecule has 0 aliphatic rings. The Morgan fingerprint density at radius 1 is 0.931 bits per heavy atom. The summed E-state index contributed by atoms with van der Waals surface area (Å²) < 4.78 is 4.54. The van der Waals surface area contributed by atoms with E-state index < -0.39 is 12.1 Å². The summed E-state index contributed by atoms with van der Waals surface area (Å²) in [5, 5.41) is 8.24. The Morgan fingerprint density at radius 2 is 1.59 bits per heavy atom. The highest BCUT2D eigenvalue weighted by molar-refractivity contribution is 5.88. The fourth-order valence-electron chi connectivity index (χ4n) is 2.71. The number of methoxy groups -OCH3 is 1. The van der Waals surface area contributed by atoms with Crippen LogP contribution in [0.3, 0.4) is 0 Å². The van der Waals surface area contributed by atoms with E-state index in [1.807, 2.05) is 44.2 Å². The van der Waals surface area contributed by atoms with Crippen molar-refractivity contribution in [1.82, 2.24) is 10.6 Å². The molecule has 0 aromatic heterocycles. The van der Waals surface area contributed by atoms with Crippen LogP contribution >= 0.6 is 0 Å². The number of carbonyl (C=O) groups excluding carboxylic acids is 3. The van der Waals surface area contributed by atoms with Crippen molar-refractivity contribution in [3.8, 4) is 0 Å². The maximum atomic E-state index is 12.6. The third kappa shape index (κ3) is 7.29. The molecule has 1 atom stereocenters. The Balaban J connectivity index is 1.88. The van der Waals surface area contributed by atoms with Crippen molar-refractivity contribution in [3.05, 3.63) is 65.7 Å². The molecule has 0 bridgehead atoms. The molecule has 2 aromatic carbocycles. The summed E-state index contributed by atoms with van der Waals surface area (Å²) in [6.07, 6.45) is -0.316. The molecule has 0 spiro atoms. The molecule has 29 heavy (non-hydrogen) atoms. The maximum Gasteiger partial charge on any atom is 0.411 e. The van der Waals surface area contributed by atoms with Crippen molar-refractivity contribution < 1.29 is 19.1 Å². The van der Waals surface area contributed by atoms with Crippen molar-refractivity contribution in [2.45, 2.75) is 32.9 Å². The number of carbonyl (C=O) groups is 3. The first-order valence-corrected chi connectivity index (χ1v) is 9.44. The molecule has 0 fully saturated rings. The average molecular weight is 397 g/mol. The van der Waals surface area contributed by atoms with E-state index >= 15 is 0 Å². The second kappa shape index (κ2) is 10.8. The van der Waals surface area contributed by atoms with Gasteiger partial charge in [-0.1, -0.05) is 56.3 Å². The highest BCUT2D eigenvalue weighted by Gasteiger charge is 2.23. The standard InChI is InChI=1S/C22H27N3O4/c1-15(2)20(25-19(26)13-16-7-5-4-6-8-16)21(27)23-14-17-9-11-18(12-10-17)24-22(28)29-3/h4-12,15,20H,13-14H2,1-3H3,(H,23,27)(H,24,28)(H,25,26)/t20-/m1/s1. The van der Waals surface area contributed by atoms with Crippen molar-refractivity contribution in [1.29, 1.82) is 0 Å². The summed E-state index contributed by atoms with van der Waals surface area (Å²) in [7, 11) is 1.29. The third-order valence-corrected chi connectivity index (χ3v) is 4.33. The van der Waals surface area contributed by atoms with Gasteiger partial charge in [-0.05, 0) is 29.2 Å². The molecule has 2 aromatic rings. The second-order valence-electron chi connectivity index (χ2n) is 6.98. The average Bonchev–Trinajstić information content (AvgIpc) is 2.71. The number of rotatable bonds is 8. The molecule has 0 saturated heterocycles. The minimum atomic E-state index is -0.619. The zero-order valence-corrected chi connectivity index (χ0v) is 16.9.